The van der Waals surface area contributed by atoms with Crippen LogP contribution in [0.3, 0.4) is 0 Å². The second kappa shape index (κ2) is 7.18. The number of nitrogens with one attached hydrogen (secondary N) is 2. The Balaban J connectivity index is 1.74. The second-order valence-electron chi connectivity index (χ2n) is 7.23. The number of para-hydroxylation sites is 1. The van der Waals surface area contributed by atoms with Crippen molar-refractivity contribution in [3.8, 4) is 5.88 Å². The van der Waals surface area contributed by atoms with Crippen LogP contribution in [0.4, 0.5) is 11.5 Å². The zero-order chi connectivity index (χ0) is 20.7. The minimum atomic E-state index is -0.477. The Labute approximate surface area is 171 Å². The molecule has 0 amide bonds. The molecule has 30 heavy (non-hydrogen) atoms. The van der Waals surface area contributed by atoms with Crippen molar-refractivity contribution >= 4 is 23.2 Å². The van der Waals surface area contributed by atoms with Crippen LogP contribution in [0.1, 0.15) is 25.5 Å². The normalized spacial score (nSPS) is 15.2. The van der Waals surface area contributed by atoms with Gasteiger partial charge in [0.2, 0.25) is 5.88 Å². The minimum Gasteiger partial charge on any atom is -0.493 e. The maximum Gasteiger partial charge on any atom is 0.326 e. The van der Waals surface area contributed by atoms with Crippen LogP contribution in [0.5, 0.6) is 5.88 Å². The Morgan fingerprint density at radius 1 is 1.30 bits per heavy atom. The van der Waals surface area contributed by atoms with Crippen LogP contribution >= 0.6 is 0 Å². The average molecular weight is 403 g/mol. The topological polar surface area (TPSA) is 115 Å². The Morgan fingerprint density at radius 2 is 2.10 bits per heavy atom. The Kier molecular flexibility index (Phi) is 4.35. The number of fused-ring (bicyclic) bond motifs is 1. The summed E-state index contributed by atoms with van der Waals surface area (Å²) in [5.41, 5.74) is 2.17. The monoisotopic (exact) mass is 403 g/mol. The van der Waals surface area contributed by atoms with E-state index in [4.69, 9.17) is 9.98 Å². The van der Waals surface area contributed by atoms with Crippen LogP contribution in [0.25, 0.3) is 11.7 Å². The van der Waals surface area contributed by atoms with E-state index in [1.165, 1.54) is 0 Å². The molecule has 1 aromatic carbocycles. The number of hydrogen-bond acceptors (Lipinski definition) is 6. The molecule has 1 aliphatic carbocycles. The molecular formula is C21H21N7O2. The fourth-order valence-corrected chi connectivity index (χ4v) is 3.41. The molecule has 3 heterocycles. The van der Waals surface area contributed by atoms with Gasteiger partial charge in [-0.15, -0.1) is 0 Å². The van der Waals surface area contributed by atoms with Crippen molar-refractivity contribution in [1.82, 2.24) is 24.6 Å². The van der Waals surface area contributed by atoms with Crippen LogP contribution in [0, 0.1) is 0 Å². The summed E-state index contributed by atoms with van der Waals surface area (Å²) in [5.74, 6) is 0.537. The highest BCUT2D eigenvalue weighted by Gasteiger charge is 2.21. The molecule has 0 saturated heterocycles. The first-order valence-electron chi connectivity index (χ1n) is 9.90. The molecule has 3 aromatic heterocycles. The molecule has 1 fully saturated rings. The van der Waals surface area contributed by atoms with E-state index < -0.39 is 5.69 Å². The molecule has 0 atom stereocenters. The molecule has 9 heteroatoms. The smallest absolute Gasteiger partial charge is 0.326 e. The summed E-state index contributed by atoms with van der Waals surface area (Å²) in [4.78, 5) is 28.1. The van der Waals surface area contributed by atoms with Crippen molar-refractivity contribution in [2.24, 2.45) is 4.99 Å². The summed E-state index contributed by atoms with van der Waals surface area (Å²) >= 11 is 0. The molecule has 0 unspecified atom stereocenters. The summed E-state index contributed by atoms with van der Waals surface area (Å²) in [7, 11) is 0. The zero-order valence-electron chi connectivity index (χ0n) is 16.4. The van der Waals surface area contributed by atoms with Gasteiger partial charge in [-0.2, -0.15) is 9.61 Å². The fraction of sp³-hybridized carbons (Fsp3) is 0.238. The number of benzene rings is 1. The summed E-state index contributed by atoms with van der Waals surface area (Å²) < 4.78 is 1.70. The third kappa shape index (κ3) is 3.34. The Bertz CT molecular complexity index is 1380. The van der Waals surface area contributed by atoms with E-state index in [9.17, 15) is 9.90 Å². The predicted molar refractivity (Wildman–Crippen MR) is 113 cm³/mol. The molecule has 4 aromatic rings. The van der Waals surface area contributed by atoms with E-state index in [1.807, 2.05) is 36.4 Å². The Hall–Kier alpha value is -3.88. The van der Waals surface area contributed by atoms with Crippen molar-refractivity contribution < 1.29 is 5.11 Å². The first-order chi connectivity index (χ1) is 14.6. The molecule has 0 spiro atoms. The summed E-state index contributed by atoms with van der Waals surface area (Å²) in [6, 6.07) is 12.3. The number of aromatic hydroxyl groups is 1. The molecule has 3 N–H and O–H groups in total. The highest BCUT2D eigenvalue weighted by molar-refractivity contribution is 5.63. The van der Waals surface area contributed by atoms with Crippen molar-refractivity contribution in [1.29, 1.82) is 0 Å². The van der Waals surface area contributed by atoms with E-state index in [1.54, 1.807) is 16.8 Å². The van der Waals surface area contributed by atoms with Crippen LogP contribution in [-0.4, -0.2) is 42.3 Å². The maximum atomic E-state index is 11.5. The van der Waals surface area contributed by atoms with Crippen molar-refractivity contribution in [2.75, 3.05) is 11.4 Å². The molecule has 0 bridgehead atoms. The highest BCUT2D eigenvalue weighted by atomic mass is 16.3. The van der Waals surface area contributed by atoms with Crippen LogP contribution in [0.15, 0.2) is 52.4 Å². The van der Waals surface area contributed by atoms with E-state index >= 15 is 0 Å². The highest BCUT2D eigenvalue weighted by Crippen LogP contribution is 2.24. The lowest BCUT2D eigenvalue weighted by molar-refractivity contribution is 0.454. The van der Waals surface area contributed by atoms with E-state index in [-0.39, 0.29) is 11.6 Å². The van der Waals surface area contributed by atoms with E-state index in [2.05, 4.69) is 26.9 Å². The molecular weight excluding hydrogens is 382 g/mol. The largest absolute Gasteiger partial charge is 0.493 e. The summed E-state index contributed by atoms with van der Waals surface area (Å²) in [5, 5.41) is 15.0. The van der Waals surface area contributed by atoms with E-state index in [0.717, 1.165) is 36.4 Å². The van der Waals surface area contributed by atoms with Gasteiger partial charge in [-0.25, -0.2) is 9.78 Å². The maximum absolute atomic E-state index is 11.5. The third-order valence-electron chi connectivity index (χ3n) is 5.02. The van der Waals surface area contributed by atoms with Gasteiger partial charge >= 0.3 is 5.69 Å². The quantitative estimate of drug-likeness (QED) is 0.464. The Morgan fingerprint density at radius 3 is 2.77 bits per heavy atom. The lowest BCUT2D eigenvalue weighted by Gasteiger charge is -2.22. The van der Waals surface area contributed by atoms with Gasteiger partial charge in [0.1, 0.15) is 11.5 Å². The molecule has 0 radical (unpaired) electrons. The first-order valence-corrected chi connectivity index (χ1v) is 9.90. The SMILES string of the molecule is CCN(c1ccccc1)c1cc(=NC2CC2)n2ncc(=Cc3[nH]c(=O)[nH]c3O)c2n1. The standard InChI is InChI=1S/C21H21N7O2/c1-2-27(15-6-4-3-5-7-15)17-11-18(23-14-8-9-14)28-19(25-17)13(12-22-28)10-16-20(29)26-21(30)24-16/h3-7,10-12,14,29H,2,8-9H2,1H3,(H2,24,26,30). The van der Waals surface area contributed by atoms with Crippen molar-refractivity contribution in [3.05, 3.63) is 69.5 Å². The number of aromatic amines is 2. The van der Waals surface area contributed by atoms with Crippen LogP contribution in [0.2, 0.25) is 0 Å². The van der Waals surface area contributed by atoms with Gasteiger partial charge in [-0.3, -0.25) is 9.98 Å². The van der Waals surface area contributed by atoms with Gasteiger partial charge < -0.3 is 15.0 Å². The molecule has 152 valence electrons. The lowest BCUT2D eigenvalue weighted by atomic mass is 10.3. The first kappa shape index (κ1) is 18.2. The third-order valence-corrected chi connectivity index (χ3v) is 5.02. The number of aromatic nitrogens is 5. The number of anilines is 2. The molecule has 5 rings (SSSR count). The summed E-state index contributed by atoms with van der Waals surface area (Å²) in [6.45, 7) is 2.80. The predicted octanol–water partition coefficient (Wildman–Crippen LogP) is 1.22. The minimum absolute atomic E-state index is 0.224. The number of H-pyrrole nitrogens is 2. The number of hydrogen-bond donors (Lipinski definition) is 3. The lowest BCUT2D eigenvalue weighted by Crippen LogP contribution is -2.24. The average Bonchev–Trinajstić information content (AvgIpc) is 3.38. The molecule has 1 aliphatic rings. The van der Waals surface area contributed by atoms with Crippen LogP contribution < -0.4 is 21.3 Å². The van der Waals surface area contributed by atoms with Crippen molar-refractivity contribution in [3.63, 3.8) is 0 Å². The van der Waals surface area contributed by atoms with Gasteiger partial charge in [0.05, 0.1) is 12.2 Å². The van der Waals surface area contributed by atoms with Gasteiger partial charge in [0.25, 0.3) is 0 Å². The number of rotatable bonds is 5. The van der Waals surface area contributed by atoms with Gasteiger partial charge in [0.15, 0.2) is 11.1 Å². The van der Waals surface area contributed by atoms with E-state index in [0.29, 0.717) is 16.9 Å². The molecule has 0 aliphatic heterocycles. The zero-order valence-corrected chi connectivity index (χ0v) is 16.4. The summed E-state index contributed by atoms with van der Waals surface area (Å²) in [6.07, 6.45) is 5.45. The second-order valence-corrected chi connectivity index (χ2v) is 7.23. The number of imidazole rings is 1. The van der Waals surface area contributed by atoms with Crippen molar-refractivity contribution in [2.45, 2.75) is 25.8 Å². The fourth-order valence-electron chi connectivity index (χ4n) is 3.41. The van der Waals surface area contributed by atoms with Gasteiger partial charge in [-0.1, -0.05) is 18.2 Å². The van der Waals surface area contributed by atoms with Gasteiger partial charge in [0, 0.05) is 23.5 Å². The number of nitrogens with zero attached hydrogens (tertiary/aromatic N) is 5. The van der Waals surface area contributed by atoms with Gasteiger partial charge in [-0.05, 0) is 38.0 Å². The molecule has 1 saturated carbocycles. The van der Waals surface area contributed by atoms with Crippen LogP contribution in [-0.2, 0) is 0 Å². The molecule has 9 nitrogen and oxygen atoms in total.